The first-order chi connectivity index (χ1) is 10.1. The van der Waals surface area contributed by atoms with Gasteiger partial charge in [0.1, 0.15) is 17.9 Å². The van der Waals surface area contributed by atoms with Crippen LogP contribution in [0.1, 0.15) is 12.0 Å². The normalized spacial score (nSPS) is 21.7. The number of rotatable bonds is 3. The third kappa shape index (κ3) is 3.09. The van der Waals surface area contributed by atoms with E-state index in [9.17, 15) is 9.59 Å². The number of nitrogens with zero attached hydrogens (tertiary/aromatic N) is 1. The van der Waals surface area contributed by atoms with E-state index in [2.05, 4.69) is 10.6 Å². The van der Waals surface area contributed by atoms with Crippen LogP contribution in [0.25, 0.3) is 0 Å². The lowest BCUT2D eigenvalue weighted by Gasteiger charge is -2.39. The first-order valence-electron chi connectivity index (χ1n) is 7.18. The van der Waals surface area contributed by atoms with Gasteiger partial charge in [0.15, 0.2) is 0 Å². The molecule has 0 bridgehead atoms. The molecule has 0 spiro atoms. The maximum atomic E-state index is 12.0. The van der Waals surface area contributed by atoms with Gasteiger partial charge in [-0.25, -0.2) is 4.79 Å². The highest BCUT2D eigenvalue weighted by Crippen LogP contribution is 2.19. The zero-order valence-corrected chi connectivity index (χ0v) is 12.0. The van der Waals surface area contributed by atoms with E-state index in [-0.39, 0.29) is 18.0 Å². The van der Waals surface area contributed by atoms with E-state index < -0.39 is 6.04 Å². The van der Waals surface area contributed by atoms with Crippen molar-refractivity contribution in [1.29, 1.82) is 0 Å². The average molecular weight is 289 g/mol. The number of amides is 3. The largest absolute Gasteiger partial charge is 0.487 e. The molecular formula is C15H19N3O3. The second-order valence-corrected chi connectivity index (χ2v) is 5.54. The summed E-state index contributed by atoms with van der Waals surface area (Å²) in [6, 6.07) is 7.27. The van der Waals surface area contributed by atoms with Gasteiger partial charge in [-0.1, -0.05) is 12.1 Å². The van der Waals surface area contributed by atoms with Gasteiger partial charge in [-0.3, -0.25) is 4.79 Å². The van der Waals surface area contributed by atoms with Gasteiger partial charge in [0.05, 0.1) is 13.1 Å². The van der Waals surface area contributed by atoms with Crippen molar-refractivity contribution in [3.63, 3.8) is 0 Å². The minimum Gasteiger partial charge on any atom is -0.487 e. The molecule has 3 rings (SSSR count). The molecule has 2 aliphatic rings. The molecule has 2 aliphatic heterocycles. The number of ether oxygens (including phenoxy) is 1. The second kappa shape index (κ2) is 5.63. The van der Waals surface area contributed by atoms with E-state index >= 15 is 0 Å². The van der Waals surface area contributed by atoms with Crippen LogP contribution in [0.2, 0.25) is 0 Å². The molecule has 0 unspecified atom stereocenters. The highest BCUT2D eigenvalue weighted by Gasteiger charge is 2.35. The van der Waals surface area contributed by atoms with Crippen LogP contribution < -0.4 is 15.4 Å². The topological polar surface area (TPSA) is 70.7 Å². The SMILES string of the molecule is Cc1cccc(OC2CN(C(=O)N[C@H]3CCNC3=O)C2)c1. The number of nitrogens with one attached hydrogen (secondary N) is 2. The quantitative estimate of drug-likeness (QED) is 0.858. The van der Waals surface area contributed by atoms with Crippen molar-refractivity contribution >= 4 is 11.9 Å². The van der Waals surface area contributed by atoms with Crippen LogP contribution in [-0.4, -0.2) is 48.6 Å². The number of aryl methyl sites for hydroxylation is 1. The van der Waals surface area contributed by atoms with Crippen molar-refractivity contribution in [3.05, 3.63) is 29.8 Å². The van der Waals surface area contributed by atoms with E-state index in [0.717, 1.165) is 11.3 Å². The standard InChI is InChI=1S/C15H19N3O3/c1-10-3-2-4-11(7-10)21-12-8-18(9-12)15(20)17-13-5-6-16-14(13)19/h2-4,7,12-13H,5-6,8-9H2,1H3,(H,16,19)(H,17,20)/t13-/m0/s1. The number of carbonyl (C=O) groups excluding carboxylic acids is 2. The molecule has 21 heavy (non-hydrogen) atoms. The Morgan fingerprint density at radius 2 is 2.24 bits per heavy atom. The molecule has 1 aromatic rings. The van der Waals surface area contributed by atoms with Crippen LogP contribution in [0.15, 0.2) is 24.3 Å². The molecule has 2 heterocycles. The minimum atomic E-state index is -0.394. The summed E-state index contributed by atoms with van der Waals surface area (Å²) in [6.45, 7) is 3.74. The first kappa shape index (κ1) is 13.7. The lowest BCUT2D eigenvalue weighted by molar-refractivity contribution is -0.120. The number of carbonyl (C=O) groups is 2. The lowest BCUT2D eigenvalue weighted by Crippen LogP contribution is -2.60. The zero-order valence-electron chi connectivity index (χ0n) is 12.0. The van der Waals surface area contributed by atoms with Gasteiger partial charge in [-0.2, -0.15) is 0 Å². The van der Waals surface area contributed by atoms with Gasteiger partial charge < -0.3 is 20.3 Å². The number of benzene rings is 1. The Morgan fingerprint density at radius 3 is 2.90 bits per heavy atom. The van der Waals surface area contributed by atoms with Gasteiger partial charge in [0.2, 0.25) is 5.91 Å². The number of likely N-dealkylation sites (tertiary alicyclic amines) is 1. The zero-order chi connectivity index (χ0) is 14.8. The summed E-state index contributed by atoms with van der Waals surface area (Å²) in [5, 5.41) is 5.44. The van der Waals surface area contributed by atoms with Gasteiger partial charge in [0.25, 0.3) is 0 Å². The summed E-state index contributed by atoms with van der Waals surface area (Å²) < 4.78 is 5.80. The van der Waals surface area contributed by atoms with Crippen LogP contribution in [-0.2, 0) is 4.79 Å². The lowest BCUT2D eigenvalue weighted by atomic mass is 10.1. The third-order valence-electron chi connectivity index (χ3n) is 3.77. The summed E-state index contributed by atoms with van der Waals surface area (Å²) in [5.41, 5.74) is 1.15. The number of urea groups is 1. The molecule has 112 valence electrons. The fourth-order valence-electron chi connectivity index (χ4n) is 2.53. The van der Waals surface area contributed by atoms with Gasteiger partial charge in [-0.05, 0) is 31.0 Å². The summed E-state index contributed by atoms with van der Waals surface area (Å²) in [4.78, 5) is 25.0. The smallest absolute Gasteiger partial charge is 0.318 e. The predicted octanol–water partition coefficient (Wildman–Crippen LogP) is 0.656. The maximum Gasteiger partial charge on any atom is 0.318 e. The van der Waals surface area contributed by atoms with E-state index in [1.165, 1.54) is 0 Å². The Bertz CT molecular complexity index is 555. The fraction of sp³-hybridized carbons (Fsp3) is 0.467. The van der Waals surface area contributed by atoms with E-state index in [1.54, 1.807) is 4.90 Å². The third-order valence-corrected chi connectivity index (χ3v) is 3.77. The molecule has 0 saturated carbocycles. The van der Waals surface area contributed by atoms with Crippen molar-refractivity contribution in [2.45, 2.75) is 25.5 Å². The molecule has 0 aliphatic carbocycles. The number of hydrogen-bond acceptors (Lipinski definition) is 3. The highest BCUT2D eigenvalue weighted by molar-refractivity contribution is 5.88. The Morgan fingerprint density at radius 1 is 1.43 bits per heavy atom. The summed E-state index contributed by atoms with van der Waals surface area (Å²) in [7, 11) is 0. The van der Waals surface area contributed by atoms with Crippen LogP contribution in [0.4, 0.5) is 4.79 Å². The molecule has 6 heteroatoms. The van der Waals surface area contributed by atoms with Crippen LogP contribution in [0.5, 0.6) is 5.75 Å². The van der Waals surface area contributed by atoms with Crippen LogP contribution in [0.3, 0.4) is 0 Å². The van der Waals surface area contributed by atoms with Crippen molar-refractivity contribution in [3.8, 4) is 5.75 Å². The Kier molecular flexibility index (Phi) is 3.68. The summed E-state index contributed by atoms with van der Waals surface area (Å²) >= 11 is 0. The molecular weight excluding hydrogens is 270 g/mol. The summed E-state index contributed by atoms with van der Waals surface area (Å²) in [6.07, 6.45) is 0.678. The predicted molar refractivity (Wildman–Crippen MR) is 77.1 cm³/mol. The first-order valence-corrected chi connectivity index (χ1v) is 7.18. The molecule has 0 aromatic heterocycles. The van der Waals surface area contributed by atoms with Crippen molar-refractivity contribution in [1.82, 2.24) is 15.5 Å². The van der Waals surface area contributed by atoms with Crippen LogP contribution >= 0.6 is 0 Å². The second-order valence-electron chi connectivity index (χ2n) is 5.54. The highest BCUT2D eigenvalue weighted by atomic mass is 16.5. The molecule has 1 aromatic carbocycles. The molecule has 2 fully saturated rings. The Balaban J connectivity index is 1.45. The Labute approximate surface area is 123 Å². The average Bonchev–Trinajstić information content (AvgIpc) is 2.79. The maximum absolute atomic E-state index is 12.0. The monoisotopic (exact) mass is 289 g/mol. The molecule has 6 nitrogen and oxygen atoms in total. The van der Waals surface area contributed by atoms with Crippen LogP contribution in [0, 0.1) is 6.92 Å². The van der Waals surface area contributed by atoms with Crippen molar-refractivity contribution in [2.75, 3.05) is 19.6 Å². The van der Waals surface area contributed by atoms with E-state index in [4.69, 9.17) is 4.74 Å². The van der Waals surface area contributed by atoms with Gasteiger partial charge >= 0.3 is 6.03 Å². The van der Waals surface area contributed by atoms with Gasteiger partial charge in [-0.15, -0.1) is 0 Å². The minimum absolute atomic E-state index is 0.0231. The fourth-order valence-corrected chi connectivity index (χ4v) is 2.53. The molecule has 3 amide bonds. The molecule has 2 saturated heterocycles. The molecule has 1 atom stereocenters. The van der Waals surface area contributed by atoms with E-state index in [0.29, 0.717) is 26.1 Å². The molecule has 0 radical (unpaired) electrons. The van der Waals surface area contributed by atoms with Crippen molar-refractivity contribution < 1.29 is 14.3 Å². The summed E-state index contributed by atoms with van der Waals surface area (Å²) in [5.74, 6) is 0.728. The number of hydrogen-bond donors (Lipinski definition) is 2. The molecule has 2 N–H and O–H groups in total. The van der Waals surface area contributed by atoms with Crippen molar-refractivity contribution in [2.24, 2.45) is 0 Å². The van der Waals surface area contributed by atoms with E-state index in [1.807, 2.05) is 31.2 Å². The Hall–Kier alpha value is -2.24. The van der Waals surface area contributed by atoms with Gasteiger partial charge in [0, 0.05) is 6.54 Å².